The largest absolute Gasteiger partial charge is 0.369 e. The van der Waals surface area contributed by atoms with Crippen LogP contribution in [0.2, 0.25) is 0 Å². The van der Waals surface area contributed by atoms with Crippen molar-refractivity contribution in [3.8, 4) is 0 Å². The molecule has 0 bridgehead atoms. The predicted octanol–water partition coefficient (Wildman–Crippen LogP) is 4.19. The van der Waals surface area contributed by atoms with Crippen molar-refractivity contribution in [2.45, 2.75) is 32.6 Å². The first-order valence-corrected chi connectivity index (χ1v) is 11.0. The fourth-order valence-corrected chi connectivity index (χ4v) is 5.96. The summed E-state index contributed by atoms with van der Waals surface area (Å²) in [7, 11) is -3.50. The number of halogens is 1. The number of anilines is 1. The number of aryl methyl sites for hydroxylation is 3. The summed E-state index contributed by atoms with van der Waals surface area (Å²) in [4.78, 5) is 2.64. The average molecular weight is 437 g/mol. The third-order valence-electron chi connectivity index (χ3n) is 5.32. The number of rotatable bonds is 3. The smallest absolute Gasteiger partial charge is 0.244 e. The zero-order chi connectivity index (χ0) is 19.1. The Morgan fingerprint density at radius 1 is 0.885 bits per heavy atom. The molecule has 140 valence electrons. The molecule has 26 heavy (non-hydrogen) atoms. The second kappa shape index (κ2) is 7.33. The number of hydrogen-bond donors (Lipinski definition) is 0. The molecule has 0 aromatic heterocycles. The summed E-state index contributed by atoms with van der Waals surface area (Å²) in [6.45, 7) is 10.6. The Morgan fingerprint density at radius 2 is 1.50 bits per heavy atom. The monoisotopic (exact) mass is 436 g/mol. The summed E-state index contributed by atoms with van der Waals surface area (Å²) < 4.78 is 28.5. The van der Waals surface area contributed by atoms with Crippen molar-refractivity contribution in [3.63, 3.8) is 0 Å². The van der Waals surface area contributed by atoms with Gasteiger partial charge < -0.3 is 4.90 Å². The number of nitrogens with zero attached hydrogens (tertiary/aromatic N) is 2. The Hall–Kier alpha value is -1.37. The molecular formula is C20H25BrN2O2S. The molecule has 0 spiro atoms. The van der Waals surface area contributed by atoms with Gasteiger partial charge in [0.2, 0.25) is 10.0 Å². The molecule has 6 heteroatoms. The highest BCUT2D eigenvalue weighted by atomic mass is 79.9. The van der Waals surface area contributed by atoms with Crippen LogP contribution in [0.3, 0.4) is 0 Å². The number of piperazine rings is 1. The lowest BCUT2D eigenvalue weighted by Gasteiger charge is -2.36. The van der Waals surface area contributed by atoms with Crippen molar-refractivity contribution < 1.29 is 8.42 Å². The van der Waals surface area contributed by atoms with E-state index < -0.39 is 10.0 Å². The Bertz CT molecular complexity index is 933. The SMILES string of the molecule is Cc1cc(Br)c(S(=O)(=O)N2CCN(c3cccc(C)c3C)CC2)cc1C. The van der Waals surface area contributed by atoms with Crippen molar-refractivity contribution in [2.75, 3.05) is 31.1 Å². The van der Waals surface area contributed by atoms with E-state index >= 15 is 0 Å². The van der Waals surface area contributed by atoms with E-state index in [-0.39, 0.29) is 0 Å². The highest BCUT2D eigenvalue weighted by Gasteiger charge is 2.30. The molecule has 1 aliphatic heterocycles. The van der Waals surface area contributed by atoms with Gasteiger partial charge in [-0.1, -0.05) is 12.1 Å². The third kappa shape index (κ3) is 3.55. The minimum atomic E-state index is -3.50. The van der Waals surface area contributed by atoms with E-state index in [4.69, 9.17) is 0 Å². The van der Waals surface area contributed by atoms with Crippen LogP contribution in [0.5, 0.6) is 0 Å². The predicted molar refractivity (Wildman–Crippen MR) is 111 cm³/mol. The first-order chi connectivity index (χ1) is 12.2. The first-order valence-electron chi connectivity index (χ1n) is 8.80. The quantitative estimate of drug-likeness (QED) is 0.723. The van der Waals surface area contributed by atoms with Crippen LogP contribution < -0.4 is 4.90 Å². The van der Waals surface area contributed by atoms with Gasteiger partial charge >= 0.3 is 0 Å². The summed E-state index contributed by atoms with van der Waals surface area (Å²) in [5.41, 5.74) is 5.79. The van der Waals surface area contributed by atoms with Crippen LogP contribution >= 0.6 is 15.9 Å². The zero-order valence-corrected chi connectivity index (χ0v) is 18.1. The molecule has 1 fully saturated rings. The highest BCUT2D eigenvalue weighted by molar-refractivity contribution is 9.10. The Labute approximate surface area is 165 Å². The second-order valence-electron chi connectivity index (χ2n) is 6.98. The summed E-state index contributed by atoms with van der Waals surface area (Å²) in [6.07, 6.45) is 0. The molecule has 4 nitrogen and oxygen atoms in total. The van der Waals surface area contributed by atoms with Crippen molar-refractivity contribution >= 4 is 31.6 Å². The molecule has 0 radical (unpaired) electrons. The Kier molecular flexibility index (Phi) is 5.47. The molecule has 1 saturated heterocycles. The first kappa shape index (κ1) is 19.4. The molecule has 1 heterocycles. The molecule has 0 unspecified atom stereocenters. The van der Waals surface area contributed by atoms with Gasteiger partial charge in [-0.15, -0.1) is 0 Å². The molecule has 0 atom stereocenters. The molecule has 3 rings (SSSR count). The molecule has 0 saturated carbocycles. The van der Waals surface area contributed by atoms with Crippen LogP contribution in [0.4, 0.5) is 5.69 Å². The van der Waals surface area contributed by atoms with Crippen LogP contribution in [0.15, 0.2) is 39.7 Å². The highest BCUT2D eigenvalue weighted by Crippen LogP contribution is 2.30. The Balaban J connectivity index is 1.81. The lowest BCUT2D eigenvalue weighted by molar-refractivity contribution is 0.384. The van der Waals surface area contributed by atoms with Crippen molar-refractivity contribution in [3.05, 3.63) is 57.1 Å². The van der Waals surface area contributed by atoms with Gasteiger partial charge in [-0.25, -0.2) is 8.42 Å². The summed E-state index contributed by atoms with van der Waals surface area (Å²) >= 11 is 3.43. The van der Waals surface area contributed by atoms with E-state index in [0.717, 1.165) is 11.1 Å². The molecule has 2 aromatic rings. The van der Waals surface area contributed by atoms with E-state index in [1.54, 1.807) is 10.4 Å². The van der Waals surface area contributed by atoms with Gasteiger partial charge in [0.15, 0.2) is 0 Å². The summed E-state index contributed by atoms with van der Waals surface area (Å²) in [5.74, 6) is 0. The molecule has 0 aliphatic carbocycles. The fourth-order valence-electron chi connectivity index (χ4n) is 3.34. The van der Waals surface area contributed by atoms with Crippen LogP contribution in [0.25, 0.3) is 0 Å². The van der Waals surface area contributed by atoms with Crippen LogP contribution in [0, 0.1) is 27.7 Å². The minimum absolute atomic E-state index is 0.362. The van der Waals surface area contributed by atoms with Crippen molar-refractivity contribution in [2.24, 2.45) is 0 Å². The maximum atomic E-state index is 13.1. The van der Waals surface area contributed by atoms with E-state index in [0.29, 0.717) is 35.5 Å². The number of benzene rings is 2. The maximum Gasteiger partial charge on any atom is 0.244 e. The average Bonchev–Trinajstić information content (AvgIpc) is 2.60. The van der Waals surface area contributed by atoms with Gasteiger partial charge in [0.25, 0.3) is 0 Å². The van der Waals surface area contributed by atoms with Crippen molar-refractivity contribution in [1.82, 2.24) is 4.31 Å². The van der Waals surface area contributed by atoms with Gasteiger partial charge in [-0.3, -0.25) is 0 Å². The zero-order valence-electron chi connectivity index (χ0n) is 15.7. The van der Waals surface area contributed by atoms with Crippen molar-refractivity contribution in [1.29, 1.82) is 0 Å². The van der Waals surface area contributed by atoms with E-state index in [1.807, 2.05) is 19.9 Å². The topological polar surface area (TPSA) is 40.6 Å². The van der Waals surface area contributed by atoms with E-state index in [2.05, 4.69) is 52.9 Å². The number of sulfonamides is 1. The van der Waals surface area contributed by atoms with Gasteiger partial charge in [-0.2, -0.15) is 4.31 Å². The standard InChI is InChI=1S/C20H25BrN2O2S/c1-14-6-5-7-19(17(14)4)22-8-10-23(11-9-22)26(24,25)20-13-16(3)15(2)12-18(20)21/h5-7,12-13H,8-11H2,1-4H3. The van der Waals surface area contributed by atoms with E-state index in [9.17, 15) is 8.42 Å². The molecule has 1 aliphatic rings. The normalized spacial score (nSPS) is 16.1. The van der Waals surface area contributed by atoms with Gasteiger partial charge in [0.05, 0.1) is 4.90 Å². The van der Waals surface area contributed by atoms with Crippen LogP contribution in [-0.4, -0.2) is 38.9 Å². The second-order valence-corrected chi connectivity index (χ2v) is 9.74. The number of hydrogen-bond acceptors (Lipinski definition) is 3. The molecular weight excluding hydrogens is 412 g/mol. The van der Waals surface area contributed by atoms with Gasteiger partial charge in [-0.05, 0) is 84.1 Å². The maximum absolute atomic E-state index is 13.1. The molecule has 0 amide bonds. The van der Waals surface area contributed by atoms with E-state index in [1.165, 1.54) is 16.8 Å². The summed E-state index contributed by atoms with van der Waals surface area (Å²) in [6, 6.07) is 9.94. The fraction of sp³-hybridized carbons (Fsp3) is 0.400. The molecule has 0 N–H and O–H groups in total. The molecule has 2 aromatic carbocycles. The lowest BCUT2D eigenvalue weighted by atomic mass is 10.1. The minimum Gasteiger partial charge on any atom is -0.369 e. The third-order valence-corrected chi connectivity index (χ3v) is 8.18. The van der Waals surface area contributed by atoms with Gasteiger partial charge in [0.1, 0.15) is 0 Å². The van der Waals surface area contributed by atoms with Gasteiger partial charge in [0, 0.05) is 36.3 Å². The van der Waals surface area contributed by atoms with Crippen LogP contribution in [-0.2, 0) is 10.0 Å². The summed E-state index contributed by atoms with van der Waals surface area (Å²) in [5, 5.41) is 0. The Morgan fingerprint density at radius 3 is 2.15 bits per heavy atom. The lowest BCUT2D eigenvalue weighted by Crippen LogP contribution is -2.49. The van der Waals surface area contributed by atoms with Crippen LogP contribution in [0.1, 0.15) is 22.3 Å².